The maximum atomic E-state index is 13.4. The number of nitrogens with one attached hydrogen (secondary N) is 2. The molecule has 0 heterocycles. The summed E-state index contributed by atoms with van der Waals surface area (Å²) < 4.78 is 22.3. The maximum absolute atomic E-state index is 13.4. The topological polar surface area (TPSA) is 73.4 Å². The smallest absolute Gasteiger partial charge is 0.407 e. The molecule has 1 aliphatic carbocycles. The van der Waals surface area contributed by atoms with E-state index in [1.807, 2.05) is 52.0 Å². The number of benzene rings is 3. The second-order valence-electron chi connectivity index (χ2n) is 10.1. The van der Waals surface area contributed by atoms with Crippen LogP contribution in [0.25, 0.3) is 0 Å². The highest BCUT2D eigenvalue weighted by atomic mass is 32.2. The third kappa shape index (κ3) is 6.45. The Kier molecular flexibility index (Phi) is 7.85. The zero-order valence-electron chi connectivity index (χ0n) is 20.8. The molecule has 0 aliphatic heterocycles. The predicted octanol–water partition coefficient (Wildman–Crippen LogP) is 5.43. The molecule has 0 saturated heterocycles. The van der Waals surface area contributed by atoms with Gasteiger partial charge in [0.25, 0.3) is 0 Å². The number of ether oxygens (including phenoxy) is 1. The summed E-state index contributed by atoms with van der Waals surface area (Å²) in [7, 11) is 0. The van der Waals surface area contributed by atoms with Crippen molar-refractivity contribution >= 4 is 17.5 Å². The van der Waals surface area contributed by atoms with Gasteiger partial charge in [0.2, 0.25) is 0 Å². The fourth-order valence-electron chi connectivity index (χ4n) is 4.60. The van der Waals surface area contributed by atoms with E-state index in [0.29, 0.717) is 4.90 Å². The molecule has 0 bridgehead atoms. The fraction of sp³-hybridized carbons (Fsp3) is 0.345. The number of fused-ring (bicyclic) bond motifs is 2. The summed E-state index contributed by atoms with van der Waals surface area (Å²) in [6.07, 6.45) is 1.40. The third-order valence-electron chi connectivity index (χ3n) is 6.21. The van der Waals surface area contributed by atoms with Crippen LogP contribution in [-0.4, -0.2) is 28.8 Å². The van der Waals surface area contributed by atoms with E-state index in [0.717, 1.165) is 18.4 Å². The highest BCUT2D eigenvalue weighted by molar-refractivity contribution is 7.89. The molecule has 184 valence electrons. The minimum absolute atomic E-state index is 0.0887. The molecule has 0 unspecified atom stereocenters. The van der Waals surface area contributed by atoms with E-state index in [1.54, 1.807) is 0 Å². The van der Waals surface area contributed by atoms with Crippen molar-refractivity contribution in [2.75, 3.05) is 6.54 Å². The van der Waals surface area contributed by atoms with Gasteiger partial charge in [-0.2, -0.15) is 0 Å². The lowest BCUT2D eigenvalue weighted by Crippen LogP contribution is -2.48. The molecule has 0 spiro atoms. The molecule has 0 aromatic heterocycles. The van der Waals surface area contributed by atoms with Gasteiger partial charge in [-0.3, -0.25) is 0 Å². The molecular weight excluding hydrogens is 456 g/mol. The largest absolute Gasteiger partial charge is 0.593 e. The van der Waals surface area contributed by atoms with Crippen molar-refractivity contribution < 1.29 is 14.1 Å². The highest BCUT2D eigenvalue weighted by Gasteiger charge is 2.34. The Labute approximate surface area is 211 Å². The monoisotopic (exact) mass is 490 g/mol. The number of carbonyl (C=O) groups excluding carboxylic acids is 1. The van der Waals surface area contributed by atoms with Gasteiger partial charge in [-0.1, -0.05) is 66.2 Å². The summed E-state index contributed by atoms with van der Waals surface area (Å²) in [5.74, 6) is -0.0887. The Morgan fingerprint density at radius 2 is 1.51 bits per heavy atom. The van der Waals surface area contributed by atoms with Crippen LogP contribution >= 0.6 is 0 Å². The molecule has 0 radical (unpaired) electrons. The van der Waals surface area contributed by atoms with E-state index >= 15 is 0 Å². The molecule has 0 fully saturated rings. The van der Waals surface area contributed by atoms with Crippen LogP contribution in [-0.2, 0) is 28.9 Å². The average molecular weight is 491 g/mol. The van der Waals surface area contributed by atoms with Crippen LogP contribution in [0.4, 0.5) is 4.79 Å². The van der Waals surface area contributed by atoms with E-state index in [2.05, 4.69) is 58.6 Å². The number of hydrogen-bond donors (Lipinski definition) is 2. The van der Waals surface area contributed by atoms with Gasteiger partial charge in [0, 0.05) is 12.5 Å². The van der Waals surface area contributed by atoms with Crippen molar-refractivity contribution in [1.82, 2.24) is 10.0 Å². The second-order valence-corrected chi connectivity index (χ2v) is 11.3. The van der Waals surface area contributed by atoms with Crippen molar-refractivity contribution in [3.63, 3.8) is 0 Å². The van der Waals surface area contributed by atoms with Crippen LogP contribution in [0.2, 0.25) is 0 Å². The minimum atomic E-state index is -1.46. The Morgan fingerprint density at radius 1 is 0.971 bits per heavy atom. The van der Waals surface area contributed by atoms with E-state index in [-0.39, 0.29) is 18.5 Å². The van der Waals surface area contributed by atoms with Gasteiger partial charge in [0.1, 0.15) is 5.60 Å². The van der Waals surface area contributed by atoms with Crippen molar-refractivity contribution in [1.29, 1.82) is 0 Å². The van der Waals surface area contributed by atoms with Crippen LogP contribution < -0.4 is 10.0 Å². The molecule has 3 aromatic carbocycles. The molecule has 3 aromatic rings. The van der Waals surface area contributed by atoms with Crippen LogP contribution in [0.15, 0.2) is 77.7 Å². The van der Waals surface area contributed by atoms with Gasteiger partial charge in [0.15, 0.2) is 4.90 Å². The van der Waals surface area contributed by atoms with E-state index in [4.69, 9.17) is 4.74 Å². The van der Waals surface area contributed by atoms with Crippen molar-refractivity contribution in [3.8, 4) is 0 Å². The van der Waals surface area contributed by atoms with Gasteiger partial charge >= 0.3 is 6.09 Å². The predicted molar refractivity (Wildman–Crippen MR) is 141 cm³/mol. The van der Waals surface area contributed by atoms with Gasteiger partial charge in [-0.25, -0.2) is 4.79 Å². The average Bonchev–Trinajstić information content (AvgIpc) is 2.98. The molecule has 2 atom stereocenters. The van der Waals surface area contributed by atoms with Gasteiger partial charge in [0.05, 0.1) is 17.4 Å². The summed E-state index contributed by atoms with van der Waals surface area (Å²) >= 11 is -1.46. The lowest BCUT2D eigenvalue weighted by atomic mass is 9.83. The number of hydrogen-bond acceptors (Lipinski definition) is 4. The summed E-state index contributed by atoms with van der Waals surface area (Å²) in [6.45, 7) is 7.79. The molecule has 35 heavy (non-hydrogen) atoms. The molecule has 0 saturated carbocycles. The summed E-state index contributed by atoms with van der Waals surface area (Å²) in [6, 6.07) is 24.2. The standard InChI is InChI=1S/C29H34N2O3S/c1-20-13-17-23(18-14-20)35(33)31-26(19-30-28(32)34-29(2,3)4)27-24-11-7-5-9-21(24)15-16-22-10-6-8-12-25(22)27/h5-14,17-18,26-27,31H,15-16,19H2,1-4H3,(H,30,32)/t26-,35+/m1/s1. The minimum Gasteiger partial charge on any atom is -0.593 e. The van der Waals surface area contributed by atoms with Gasteiger partial charge < -0.3 is 14.6 Å². The Bertz CT molecular complexity index is 1110. The zero-order valence-corrected chi connectivity index (χ0v) is 21.7. The number of amides is 1. The quantitative estimate of drug-likeness (QED) is 0.452. The molecule has 6 heteroatoms. The van der Waals surface area contributed by atoms with Gasteiger partial charge in [-0.05, 0) is 74.9 Å². The summed E-state index contributed by atoms with van der Waals surface area (Å²) in [4.78, 5) is 13.3. The normalized spacial score (nSPS) is 15.3. The Balaban J connectivity index is 1.70. The lowest BCUT2D eigenvalue weighted by Gasteiger charge is -2.30. The Hall–Kier alpha value is -2.80. The number of carbonyl (C=O) groups is 1. The first-order chi connectivity index (χ1) is 16.7. The number of aryl methyl sites for hydroxylation is 3. The molecule has 2 N–H and O–H groups in total. The first-order valence-electron chi connectivity index (χ1n) is 12.1. The molecule has 1 aliphatic rings. The third-order valence-corrected chi connectivity index (χ3v) is 7.42. The number of alkyl carbamates (subject to hydrolysis) is 1. The van der Waals surface area contributed by atoms with E-state index in [9.17, 15) is 9.35 Å². The van der Waals surface area contributed by atoms with E-state index < -0.39 is 23.1 Å². The molecule has 4 rings (SSSR count). The van der Waals surface area contributed by atoms with Crippen molar-refractivity contribution in [2.45, 2.75) is 63.0 Å². The van der Waals surface area contributed by atoms with Crippen LogP contribution in [0.1, 0.15) is 54.5 Å². The maximum Gasteiger partial charge on any atom is 0.407 e. The molecule has 5 nitrogen and oxygen atoms in total. The second kappa shape index (κ2) is 10.9. The van der Waals surface area contributed by atoms with Gasteiger partial charge in [-0.15, -0.1) is 4.72 Å². The molecular formula is C29H34N2O3S. The van der Waals surface area contributed by atoms with Crippen molar-refractivity contribution in [3.05, 3.63) is 101 Å². The van der Waals surface area contributed by atoms with Crippen LogP contribution in [0, 0.1) is 6.92 Å². The van der Waals surface area contributed by atoms with E-state index in [1.165, 1.54) is 22.3 Å². The lowest BCUT2D eigenvalue weighted by molar-refractivity contribution is 0.0522. The van der Waals surface area contributed by atoms with Crippen LogP contribution in [0.5, 0.6) is 0 Å². The first kappa shape index (κ1) is 25.3. The number of rotatable bonds is 6. The summed E-state index contributed by atoms with van der Waals surface area (Å²) in [5, 5.41) is 2.93. The van der Waals surface area contributed by atoms with Crippen molar-refractivity contribution in [2.24, 2.45) is 0 Å². The van der Waals surface area contributed by atoms with Crippen LogP contribution in [0.3, 0.4) is 0 Å². The molecule has 1 amide bonds. The summed E-state index contributed by atoms with van der Waals surface area (Å²) in [5.41, 5.74) is 5.46. The zero-order chi connectivity index (χ0) is 25.0. The fourth-order valence-corrected chi connectivity index (χ4v) is 5.62. The SMILES string of the molecule is Cc1ccc([S@+]([O-])N[C@H](CNC(=O)OC(C)(C)C)C2c3ccccc3CCc3ccccc32)cc1. The highest BCUT2D eigenvalue weighted by Crippen LogP contribution is 2.37. The first-order valence-corrected chi connectivity index (χ1v) is 13.2. The Morgan fingerprint density at radius 3 is 2.06 bits per heavy atom.